The van der Waals surface area contributed by atoms with Crippen molar-refractivity contribution in [3.8, 4) is 5.75 Å². The zero-order valence-corrected chi connectivity index (χ0v) is 13.2. The summed E-state index contributed by atoms with van der Waals surface area (Å²) in [6.45, 7) is -0.0741. The van der Waals surface area contributed by atoms with Crippen molar-refractivity contribution in [2.45, 2.75) is 6.61 Å². The molecule has 0 amide bonds. The SMILES string of the molecule is O=C(O)c1cc(COc2c(Br)cc([N+](=O)[O-])cc2Br)on1. The Morgan fingerprint density at radius 2 is 2.00 bits per heavy atom. The number of nitrogens with zero attached hydrogens (tertiary/aromatic N) is 2. The number of nitro groups is 1. The Morgan fingerprint density at radius 1 is 1.38 bits per heavy atom. The van der Waals surface area contributed by atoms with Crippen molar-refractivity contribution in [3.05, 3.63) is 48.7 Å². The number of non-ortho nitro benzene ring substituents is 1. The molecule has 0 saturated carbocycles. The Labute approximate surface area is 134 Å². The monoisotopic (exact) mass is 420 g/mol. The summed E-state index contributed by atoms with van der Waals surface area (Å²) < 4.78 is 11.0. The second kappa shape index (κ2) is 6.22. The van der Waals surface area contributed by atoms with E-state index in [0.717, 1.165) is 0 Å². The lowest BCUT2D eigenvalue weighted by molar-refractivity contribution is -0.385. The van der Waals surface area contributed by atoms with Crippen LogP contribution in [-0.4, -0.2) is 21.2 Å². The Kier molecular flexibility index (Phi) is 4.58. The summed E-state index contributed by atoms with van der Waals surface area (Å²) in [6.07, 6.45) is 0. The summed E-state index contributed by atoms with van der Waals surface area (Å²) in [6, 6.07) is 3.82. The van der Waals surface area contributed by atoms with Crippen LogP contribution in [0.3, 0.4) is 0 Å². The van der Waals surface area contributed by atoms with Crippen LogP contribution in [0.25, 0.3) is 0 Å². The van der Waals surface area contributed by atoms with E-state index in [1.54, 1.807) is 0 Å². The topological polar surface area (TPSA) is 116 Å². The molecule has 8 nitrogen and oxygen atoms in total. The molecule has 0 aliphatic heterocycles. The average Bonchev–Trinajstić information content (AvgIpc) is 2.86. The van der Waals surface area contributed by atoms with Gasteiger partial charge in [0.25, 0.3) is 5.69 Å². The molecule has 0 fully saturated rings. The zero-order chi connectivity index (χ0) is 15.6. The van der Waals surface area contributed by atoms with Crippen LogP contribution >= 0.6 is 31.9 Å². The van der Waals surface area contributed by atoms with Gasteiger partial charge in [0, 0.05) is 18.2 Å². The molecule has 1 aromatic heterocycles. The number of hydrogen-bond acceptors (Lipinski definition) is 6. The summed E-state index contributed by atoms with van der Waals surface area (Å²) in [5.41, 5.74) is -0.329. The molecule has 1 aromatic carbocycles. The lowest BCUT2D eigenvalue weighted by atomic mass is 10.3. The van der Waals surface area contributed by atoms with Gasteiger partial charge in [-0.15, -0.1) is 0 Å². The Morgan fingerprint density at radius 3 is 2.48 bits per heavy atom. The zero-order valence-electron chi connectivity index (χ0n) is 10.1. The minimum Gasteiger partial charge on any atom is -0.483 e. The van der Waals surface area contributed by atoms with Crippen LogP contribution in [0.5, 0.6) is 5.75 Å². The standard InChI is InChI=1S/C11H6Br2N2O6/c12-7-1-5(15(18)19)2-8(13)10(7)20-4-6-3-9(11(16)17)14-21-6/h1-3H,4H2,(H,16,17). The Bertz CT molecular complexity index is 691. The van der Waals surface area contributed by atoms with Gasteiger partial charge in [-0.1, -0.05) is 5.16 Å². The first-order chi connectivity index (χ1) is 9.88. The van der Waals surface area contributed by atoms with E-state index in [4.69, 9.17) is 14.4 Å². The third-order valence-corrected chi connectivity index (χ3v) is 3.51. The first-order valence-electron chi connectivity index (χ1n) is 5.33. The number of halogens is 2. The number of carboxylic acids is 1. The number of rotatable bonds is 5. The fraction of sp³-hybridized carbons (Fsp3) is 0.0909. The van der Waals surface area contributed by atoms with Gasteiger partial charge in [0.05, 0.1) is 13.9 Å². The van der Waals surface area contributed by atoms with E-state index in [1.165, 1.54) is 18.2 Å². The van der Waals surface area contributed by atoms with E-state index in [0.29, 0.717) is 14.7 Å². The van der Waals surface area contributed by atoms with Crippen molar-refractivity contribution in [3.63, 3.8) is 0 Å². The molecule has 0 atom stereocenters. The van der Waals surface area contributed by atoms with Gasteiger partial charge < -0.3 is 14.4 Å². The number of carbonyl (C=O) groups is 1. The molecule has 0 spiro atoms. The molecular weight excluding hydrogens is 416 g/mol. The number of aromatic carboxylic acids is 1. The van der Waals surface area contributed by atoms with Crippen molar-refractivity contribution in [1.29, 1.82) is 0 Å². The lowest BCUT2D eigenvalue weighted by Gasteiger charge is -2.08. The number of hydrogen-bond donors (Lipinski definition) is 1. The predicted molar refractivity (Wildman–Crippen MR) is 76.3 cm³/mol. The van der Waals surface area contributed by atoms with Gasteiger partial charge in [-0.2, -0.15) is 0 Å². The fourth-order valence-electron chi connectivity index (χ4n) is 1.41. The van der Waals surface area contributed by atoms with Crippen LogP contribution < -0.4 is 4.74 Å². The molecular formula is C11H6Br2N2O6. The van der Waals surface area contributed by atoms with Crippen LogP contribution in [-0.2, 0) is 6.61 Å². The molecule has 0 aliphatic carbocycles. The third kappa shape index (κ3) is 3.58. The summed E-state index contributed by atoms with van der Waals surface area (Å²) in [5.74, 6) is -0.666. The van der Waals surface area contributed by atoms with Gasteiger partial charge in [0.1, 0.15) is 12.4 Å². The lowest BCUT2D eigenvalue weighted by Crippen LogP contribution is -1.98. The van der Waals surface area contributed by atoms with E-state index in [-0.39, 0.29) is 23.7 Å². The summed E-state index contributed by atoms with van der Waals surface area (Å²) in [4.78, 5) is 20.8. The number of carboxylic acid groups (broad SMARTS) is 1. The molecule has 1 N–H and O–H groups in total. The molecule has 2 rings (SSSR count). The summed E-state index contributed by atoms with van der Waals surface area (Å²) >= 11 is 6.34. The first kappa shape index (κ1) is 15.4. The number of benzene rings is 1. The van der Waals surface area contributed by atoms with Crippen LogP contribution in [0.15, 0.2) is 31.7 Å². The van der Waals surface area contributed by atoms with Crippen LogP contribution in [0.1, 0.15) is 16.2 Å². The molecule has 1 heterocycles. The molecule has 0 radical (unpaired) electrons. The molecule has 10 heteroatoms. The number of nitro benzene ring substituents is 1. The molecule has 0 bridgehead atoms. The number of ether oxygens (including phenoxy) is 1. The largest absolute Gasteiger partial charge is 0.483 e. The van der Waals surface area contributed by atoms with E-state index in [9.17, 15) is 14.9 Å². The van der Waals surface area contributed by atoms with Crippen molar-refractivity contribution < 1.29 is 24.1 Å². The number of aromatic nitrogens is 1. The van der Waals surface area contributed by atoms with Crippen LogP contribution in [0.2, 0.25) is 0 Å². The van der Waals surface area contributed by atoms with Gasteiger partial charge in [0.2, 0.25) is 0 Å². The minimum absolute atomic E-state index is 0.0741. The van der Waals surface area contributed by atoms with Gasteiger partial charge in [-0.05, 0) is 31.9 Å². The summed E-state index contributed by atoms with van der Waals surface area (Å²) in [7, 11) is 0. The molecule has 2 aromatic rings. The van der Waals surface area contributed by atoms with Crippen molar-refractivity contribution in [1.82, 2.24) is 5.16 Å². The second-order valence-electron chi connectivity index (χ2n) is 3.77. The Hall–Kier alpha value is -1.94. The van der Waals surface area contributed by atoms with Crippen LogP contribution in [0.4, 0.5) is 5.69 Å². The van der Waals surface area contributed by atoms with Gasteiger partial charge in [-0.3, -0.25) is 10.1 Å². The molecule has 110 valence electrons. The van der Waals surface area contributed by atoms with E-state index in [1.807, 2.05) is 0 Å². The first-order valence-corrected chi connectivity index (χ1v) is 6.92. The average molecular weight is 422 g/mol. The highest BCUT2D eigenvalue weighted by Gasteiger charge is 2.16. The molecule has 21 heavy (non-hydrogen) atoms. The predicted octanol–water partition coefficient (Wildman–Crippen LogP) is 3.39. The second-order valence-corrected chi connectivity index (χ2v) is 5.48. The highest BCUT2D eigenvalue weighted by Crippen LogP contribution is 2.37. The molecule has 0 saturated heterocycles. The Balaban J connectivity index is 2.16. The highest BCUT2D eigenvalue weighted by molar-refractivity contribution is 9.11. The fourth-order valence-corrected chi connectivity index (χ4v) is 2.81. The normalized spacial score (nSPS) is 10.4. The van der Waals surface area contributed by atoms with E-state index >= 15 is 0 Å². The van der Waals surface area contributed by atoms with Gasteiger partial charge >= 0.3 is 5.97 Å². The molecule has 0 aliphatic rings. The van der Waals surface area contributed by atoms with Crippen molar-refractivity contribution in [2.75, 3.05) is 0 Å². The van der Waals surface area contributed by atoms with Crippen LogP contribution in [0, 0.1) is 10.1 Å². The van der Waals surface area contributed by atoms with Crippen molar-refractivity contribution >= 4 is 43.5 Å². The van der Waals surface area contributed by atoms with Gasteiger partial charge in [-0.25, -0.2) is 4.79 Å². The quantitative estimate of drug-likeness (QED) is 0.580. The van der Waals surface area contributed by atoms with E-state index < -0.39 is 10.9 Å². The van der Waals surface area contributed by atoms with Crippen molar-refractivity contribution in [2.24, 2.45) is 0 Å². The van der Waals surface area contributed by atoms with E-state index in [2.05, 4.69) is 37.0 Å². The smallest absolute Gasteiger partial charge is 0.358 e. The maximum Gasteiger partial charge on any atom is 0.358 e. The molecule has 0 unspecified atom stereocenters. The maximum absolute atomic E-state index is 10.7. The summed E-state index contributed by atoms with van der Waals surface area (Å²) in [5, 5.41) is 22.8. The van der Waals surface area contributed by atoms with Gasteiger partial charge in [0.15, 0.2) is 11.5 Å². The maximum atomic E-state index is 10.7. The highest BCUT2D eigenvalue weighted by atomic mass is 79.9. The minimum atomic E-state index is -1.21. The third-order valence-electron chi connectivity index (χ3n) is 2.33.